The lowest BCUT2D eigenvalue weighted by atomic mass is 10.2. The summed E-state index contributed by atoms with van der Waals surface area (Å²) < 4.78 is 1.12. The van der Waals surface area contributed by atoms with Gasteiger partial charge in [-0.1, -0.05) is 23.2 Å². The molecule has 0 atom stereocenters. The van der Waals surface area contributed by atoms with Crippen molar-refractivity contribution >= 4 is 23.2 Å². The highest BCUT2D eigenvalue weighted by atomic mass is 35.5. The fourth-order valence-corrected chi connectivity index (χ4v) is 1.53. The molecule has 0 saturated heterocycles. The van der Waals surface area contributed by atoms with Crippen LogP contribution in [0.15, 0.2) is 35.3 Å². The van der Waals surface area contributed by atoms with E-state index in [0.717, 1.165) is 4.68 Å². The molecule has 6 heteroatoms. The summed E-state index contributed by atoms with van der Waals surface area (Å²) in [5, 5.41) is 12.6. The minimum Gasteiger partial charge on any atom is -0.266 e. The first-order valence-corrected chi connectivity index (χ1v) is 5.33. The Labute approximate surface area is 107 Å². The molecule has 1 aromatic heterocycles. The first-order valence-electron chi connectivity index (χ1n) is 4.57. The summed E-state index contributed by atoms with van der Waals surface area (Å²) >= 11 is 11.4. The lowest BCUT2D eigenvalue weighted by molar-refractivity contribution is 0.807. The molecule has 2 rings (SSSR count). The lowest BCUT2D eigenvalue weighted by Crippen LogP contribution is -2.21. The zero-order valence-electron chi connectivity index (χ0n) is 8.39. The Bertz CT molecular complexity index is 656. The maximum Gasteiger partial charge on any atom is 0.291 e. The van der Waals surface area contributed by atoms with Crippen LogP contribution < -0.4 is 5.56 Å². The Balaban J connectivity index is 2.58. The van der Waals surface area contributed by atoms with Crippen LogP contribution in [-0.2, 0) is 0 Å². The van der Waals surface area contributed by atoms with Gasteiger partial charge < -0.3 is 0 Å². The quantitative estimate of drug-likeness (QED) is 0.796. The summed E-state index contributed by atoms with van der Waals surface area (Å²) in [6.07, 6.45) is 1.30. The molecule has 84 valence electrons. The van der Waals surface area contributed by atoms with Gasteiger partial charge in [-0.3, -0.25) is 4.79 Å². The molecule has 17 heavy (non-hydrogen) atoms. The number of benzene rings is 1. The SMILES string of the molecule is N#Cc1ccc(-n2ncc(Cl)c(Cl)c2=O)cc1. The Morgan fingerprint density at radius 3 is 2.47 bits per heavy atom. The van der Waals surface area contributed by atoms with Crippen molar-refractivity contribution in [2.24, 2.45) is 0 Å². The lowest BCUT2D eigenvalue weighted by Gasteiger charge is -2.04. The van der Waals surface area contributed by atoms with Crippen LogP contribution in [0.25, 0.3) is 5.69 Å². The number of nitrogens with zero attached hydrogens (tertiary/aromatic N) is 3. The molecule has 1 aromatic carbocycles. The number of halogens is 2. The van der Waals surface area contributed by atoms with Gasteiger partial charge in [-0.05, 0) is 24.3 Å². The van der Waals surface area contributed by atoms with Crippen LogP contribution in [0, 0.1) is 11.3 Å². The van der Waals surface area contributed by atoms with E-state index in [-0.39, 0.29) is 10.0 Å². The Morgan fingerprint density at radius 1 is 1.24 bits per heavy atom. The summed E-state index contributed by atoms with van der Waals surface area (Å²) in [6, 6.07) is 8.38. The van der Waals surface area contributed by atoms with Crippen LogP contribution in [-0.4, -0.2) is 9.78 Å². The number of hydrogen-bond acceptors (Lipinski definition) is 3. The van der Waals surface area contributed by atoms with E-state index in [4.69, 9.17) is 28.5 Å². The maximum atomic E-state index is 11.8. The summed E-state index contributed by atoms with van der Waals surface area (Å²) in [6.45, 7) is 0. The smallest absolute Gasteiger partial charge is 0.266 e. The molecule has 0 spiro atoms. The van der Waals surface area contributed by atoms with E-state index >= 15 is 0 Å². The monoisotopic (exact) mass is 265 g/mol. The normalized spacial score (nSPS) is 9.94. The molecule has 0 aliphatic heterocycles. The van der Waals surface area contributed by atoms with E-state index in [1.54, 1.807) is 24.3 Å². The zero-order valence-corrected chi connectivity index (χ0v) is 9.90. The van der Waals surface area contributed by atoms with Crippen molar-refractivity contribution in [2.75, 3.05) is 0 Å². The molecule has 2 aromatic rings. The van der Waals surface area contributed by atoms with Gasteiger partial charge in [-0.2, -0.15) is 15.0 Å². The van der Waals surface area contributed by atoms with E-state index in [0.29, 0.717) is 11.3 Å². The van der Waals surface area contributed by atoms with Crippen molar-refractivity contribution in [3.8, 4) is 11.8 Å². The van der Waals surface area contributed by atoms with Gasteiger partial charge >= 0.3 is 0 Å². The van der Waals surface area contributed by atoms with E-state index in [1.807, 2.05) is 6.07 Å². The zero-order chi connectivity index (χ0) is 12.4. The van der Waals surface area contributed by atoms with Gasteiger partial charge in [0.25, 0.3) is 5.56 Å². The summed E-state index contributed by atoms with van der Waals surface area (Å²) in [7, 11) is 0. The van der Waals surface area contributed by atoms with Crippen molar-refractivity contribution in [1.29, 1.82) is 5.26 Å². The highest BCUT2D eigenvalue weighted by Crippen LogP contribution is 2.16. The highest BCUT2D eigenvalue weighted by molar-refractivity contribution is 6.41. The van der Waals surface area contributed by atoms with Crippen LogP contribution >= 0.6 is 23.2 Å². The first kappa shape index (κ1) is 11.6. The Morgan fingerprint density at radius 2 is 1.88 bits per heavy atom. The van der Waals surface area contributed by atoms with Crippen molar-refractivity contribution in [3.05, 3.63) is 56.4 Å². The topological polar surface area (TPSA) is 58.7 Å². The summed E-state index contributed by atoms with van der Waals surface area (Å²) in [5.74, 6) is 0. The van der Waals surface area contributed by atoms with Crippen molar-refractivity contribution in [1.82, 2.24) is 9.78 Å². The van der Waals surface area contributed by atoms with Crippen LogP contribution in [0.2, 0.25) is 10.0 Å². The third-order valence-electron chi connectivity index (χ3n) is 2.12. The average molecular weight is 266 g/mol. The van der Waals surface area contributed by atoms with E-state index < -0.39 is 5.56 Å². The van der Waals surface area contributed by atoms with E-state index in [1.165, 1.54) is 6.20 Å². The predicted molar refractivity (Wildman–Crippen MR) is 64.6 cm³/mol. The molecule has 0 fully saturated rings. The fraction of sp³-hybridized carbons (Fsp3) is 0. The molecule has 0 unspecified atom stereocenters. The van der Waals surface area contributed by atoms with Gasteiger partial charge in [0.1, 0.15) is 5.02 Å². The molecule has 0 radical (unpaired) electrons. The van der Waals surface area contributed by atoms with E-state index in [2.05, 4.69) is 5.10 Å². The Hall–Kier alpha value is -1.83. The molecule has 0 N–H and O–H groups in total. The predicted octanol–water partition coefficient (Wildman–Crippen LogP) is 2.41. The number of hydrogen-bond donors (Lipinski definition) is 0. The minimum absolute atomic E-state index is 0.0778. The molecule has 1 heterocycles. The molecule has 0 aliphatic rings. The number of nitriles is 1. The van der Waals surface area contributed by atoms with Crippen molar-refractivity contribution < 1.29 is 0 Å². The first-order chi connectivity index (χ1) is 8.13. The van der Waals surface area contributed by atoms with Crippen molar-refractivity contribution in [3.63, 3.8) is 0 Å². The number of rotatable bonds is 1. The Kier molecular flexibility index (Phi) is 3.14. The molecular weight excluding hydrogens is 261 g/mol. The van der Waals surface area contributed by atoms with Crippen LogP contribution in [0.5, 0.6) is 0 Å². The molecule has 0 saturated carbocycles. The second-order valence-electron chi connectivity index (χ2n) is 3.18. The molecule has 0 aliphatic carbocycles. The average Bonchev–Trinajstić information content (AvgIpc) is 2.36. The van der Waals surface area contributed by atoms with Gasteiger partial charge in [0.2, 0.25) is 0 Å². The summed E-state index contributed by atoms with van der Waals surface area (Å²) in [5.41, 5.74) is 0.526. The fourth-order valence-electron chi connectivity index (χ4n) is 1.27. The molecule has 4 nitrogen and oxygen atoms in total. The van der Waals surface area contributed by atoms with Gasteiger partial charge in [0.05, 0.1) is 28.5 Å². The van der Waals surface area contributed by atoms with Gasteiger partial charge in [-0.25, -0.2) is 0 Å². The molecular formula is C11H5Cl2N3O. The van der Waals surface area contributed by atoms with Gasteiger partial charge in [-0.15, -0.1) is 0 Å². The van der Waals surface area contributed by atoms with Crippen LogP contribution in [0.3, 0.4) is 0 Å². The van der Waals surface area contributed by atoms with E-state index in [9.17, 15) is 4.79 Å². The maximum absolute atomic E-state index is 11.8. The second kappa shape index (κ2) is 4.58. The third-order valence-corrected chi connectivity index (χ3v) is 2.87. The molecule has 0 amide bonds. The standard InChI is InChI=1S/C11H5Cl2N3O/c12-9-6-15-16(11(17)10(9)13)8-3-1-7(5-14)2-4-8/h1-4,6H. The highest BCUT2D eigenvalue weighted by Gasteiger charge is 2.08. The van der Waals surface area contributed by atoms with Gasteiger partial charge in [0, 0.05) is 0 Å². The van der Waals surface area contributed by atoms with Crippen LogP contribution in [0.1, 0.15) is 5.56 Å². The number of aromatic nitrogens is 2. The van der Waals surface area contributed by atoms with Gasteiger partial charge in [0.15, 0.2) is 0 Å². The minimum atomic E-state index is -0.496. The summed E-state index contributed by atoms with van der Waals surface area (Å²) in [4.78, 5) is 11.8. The molecule has 0 bridgehead atoms. The van der Waals surface area contributed by atoms with Crippen LogP contribution in [0.4, 0.5) is 0 Å². The largest absolute Gasteiger partial charge is 0.291 e. The second-order valence-corrected chi connectivity index (χ2v) is 3.97. The third kappa shape index (κ3) is 2.16. The van der Waals surface area contributed by atoms with Crippen molar-refractivity contribution in [2.45, 2.75) is 0 Å².